The molecule has 7 nitrogen and oxygen atoms in total. The molecule has 0 aliphatic rings. The largest absolute Gasteiger partial charge is 0.496 e. The molecule has 0 unspecified atom stereocenters. The van der Waals surface area contributed by atoms with E-state index in [1.807, 2.05) is 13.8 Å². The predicted octanol–water partition coefficient (Wildman–Crippen LogP) is 6.06. The molecule has 0 atom stereocenters. The maximum absolute atomic E-state index is 14.0. The number of hydrogen-bond acceptors (Lipinski definition) is 5. The third kappa shape index (κ3) is 7.18. The normalized spacial score (nSPS) is 10.5. The van der Waals surface area contributed by atoms with Crippen molar-refractivity contribution in [2.75, 3.05) is 31.0 Å². The van der Waals surface area contributed by atoms with Crippen molar-refractivity contribution in [1.29, 1.82) is 0 Å². The Bertz CT molecular complexity index is 1230. The van der Waals surface area contributed by atoms with E-state index in [9.17, 15) is 18.4 Å². The Morgan fingerprint density at radius 1 is 0.750 bits per heavy atom. The molecule has 0 aliphatic heterocycles. The van der Waals surface area contributed by atoms with E-state index in [0.29, 0.717) is 19.0 Å². The van der Waals surface area contributed by atoms with Gasteiger partial charge in [-0.3, -0.25) is 9.59 Å². The van der Waals surface area contributed by atoms with Crippen LogP contribution in [0.25, 0.3) is 0 Å². The van der Waals surface area contributed by atoms with Gasteiger partial charge in [0.05, 0.1) is 25.9 Å². The Hall–Kier alpha value is -4.14. The topological polar surface area (TPSA) is 85.9 Å². The maximum atomic E-state index is 14.0. The van der Waals surface area contributed by atoms with E-state index in [2.05, 4.69) is 10.6 Å². The zero-order valence-corrected chi connectivity index (χ0v) is 20.3. The van der Waals surface area contributed by atoms with Gasteiger partial charge < -0.3 is 24.8 Å². The summed E-state index contributed by atoms with van der Waals surface area (Å²) in [6, 6.07) is 12.1. The first kappa shape index (κ1) is 26.5. The van der Waals surface area contributed by atoms with E-state index in [-0.39, 0.29) is 34.0 Å². The van der Waals surface area contributed by atoms with Gasteiger partial charge in [0.1, 0.15) is 28.9 Å². The molecule has 2 amide bonds. The fourth-order valence-electron chi connectivity index (χ4n) is 3.30. The van der Waals surface area contributed by atoms with Gasteiger partial charge in [-0.05, 0) is 43.2 Å². The van der Waals surface area contributed by atoms with Crippen LogP contribution in [0, 0.1) is 11.6 Å². The average Bonchev–Trinajstić information content (AvgIpc) is 2.85. The van der Waals surface area contributed by atoms with Crippen LogP contribution >= 0.6 is 0 Å². The standard InChI is InChI=1S/C27H28F2N2O5/c1-4-8-35-22-13-18(28)11-20(15-22)30-26(32)17-6-7-25(34-3)24(10-17)27(33)31-21-12-19(29)14-23(16-21)36-9-5-2/h6-7,10-16H,4-5,8-9H2,1-3H3,(H,30,32)(H,31,33). The fourth-order valence-corrected chi connectivity index (χ4v) is 3.30. The lowest BCUT2D eigenvalue weighted by Gasteiger charge is -2.13. The van der Waals surface area contributed by atoms with Gasteiger partial charge >= 0.3 is 0 Å². The third-order valence-electron chi connectivity index (χ3n) is 4.91. The van der Waals surface area contributed by atoms with Crippen molar-refractivity contribution in [3.05, 3.63) is 77.4 Å². The Morgan fingerprint density at radius 2 is 1.28 bits per heavy atom. The van der Waals surface area contributed by atoms with Crippen LogP contribution < -0.4 is 24.8 Å². The minimum atomic E-state index is -0.616. The fraction of sp³-hybridized carbons (Fsp3) is 0.259. The summed E-state index contributed by atoms with van der Waals surface area (Å²) in [5.41, 5.74) is 0.568. The molecule has 190 valence electrons. The van der Waals surface area contributed by atoms with Crippen molar-refractivity contribution in [2.45, 2.75) is 26.7 Å². The van der Waals surface area contributed by atoms with Gasteiger partial charge in [0.2, 0.25) is 0 Å². The lowest BCUT2D eigenvalue weighted by Crippen LogP contribution is -2.17. The molecular weight excluding hydrogens is 470 g/mol. The molecule has 3 rings (SSSR count). The molecule has 9 heteroatoms. The lowest BCUT2D eigenvalue weighted by atomic mass is 10.1. The van der Waals surface area contributed by atoms with Crippen LogP contribution in [0.3, 0.4) is 0 Å². The molecular formula is C27H28F2N2O5. The van der Waals surface area contributed by atoms with Crippen molar-refractivity contribution in [1.82, 2.24) is 0 Å². The van der Waals surface area contributed by atoms with Gasteiger partial charge in [0.25, 0.3) is 11.8 Å². The van der Waals surface area contributed by atoms with E-state index >= 15 is 0 Å². The molecule has 0 saturated heterocycles. The number of benzene rings is 3. The molecule has 0 heterocycles. The molecule has 0 radical (unpaired) electrons. The summed E-state index contributed by atoms with van der Waals surface area (Å²) < 4.78 is 44.1. The first-order valence-electron chi connectivity index (χ1n) is 11.5. The molecule has 0 aromatic heterocycles. The van der Waals surface area contributed by atoms with Gasteiger partial charge in [0, 0.05) is 41.2 Å². The summed E-state index contributed by atoms with van der Waals surface area (Å²) in [7, 11) is 1.38. The van der Waals surface area contributed by atoms with E-state index in [1.54, 1.807) is 0 Å². The minimum absolute atomic E-state index is 0.0525. The number of methoxy groups -OCH3 is 1. The predicted molar refractivity (Wildman–Crippen MR) is 133 cm³/mol. The molecule has 0 saturated carbocycles. The molecule has 0 bridgehead atoms. The zero-order chi connectivity index (χ0) is 26.1. The van der Waals surface area contributed by atoms with Crippen molar-refractivity contribution in [2.24, 2.45) is 0 Å². The van der Waals surface area contributed by atoms with Crippen LogP contribution in [0.1, 0.15) is 47.4 Å². The van der Waals surface area contributed by atoms with E-state index in [1.165, 1.54) is 49.6 Å². The third-order valence-corrected chi connectivity index (χ3v) is 4.91. The number of hydrogen-bond donors (Lipinski definition) is 2. The van der Waals surface area contributed by atoms with Crippen LogP contribution in [0.15, 0.2) is 54.6 Å². The highest BCUT2D eigenvalue weighted by Gasteiger charge is 2.18. The molecule has 2 N–H and O–H groups in total. The van der Waals surface area contributed by atoms with E-state index in [0.717, 1.165) is 25.0 Å². The number of ether oxygens (including phenoxy) is 3. The second-order valence-electron chi connectivity index (χ2n) is 7.87. The summed E-state index contributed by atoms with van der Waals surface area (Å²) in [6.45, 7) is 4.66. The number of carbonyl (C=O) groups excluding carboxylic acids is 2. The zero-order valence-electron chi connectivity index (χ0n) is 20.3. The Morgan fingerprint density at radius 3 is 1.78 bits per heavy atom. The number of rotatable bonds is 11. The molecule has 3 aromatic carbocycles. The van der Waals surface area contributed by atoms with Gasteiger partial charge in [-0.2, -0.15) is 0 Å². The minimum Gasteiger partial charge on any atom is -0.496 e. The lowest BCUT2D eigenvalue weighted by molar-refractivity contribution is 0.102. The van der Waals surface area contributed by atoms with Crippen molar-refractivity contribution in [3.63, 3.8) is 0 Å². The van der Waals surface area contributed by atoms with Gasteiger partial charge in [0.15, 0.2) is 0 Å². The molecule has 0 spiro atoms. The number of anilines is 2. The number of nitrogens with one attached hydrogen (secondary N) is 2. The van der Waals surface area contributed by atoms with Gasteiger partial charge in [-0.15, -0.1) is 0 Å². The van der Waals surface area contributed by atoms with Gasteiger partial charge in [-0.25, -0.2) is 8.78 Å². The van der Waals surface area contributed by atoms with Crippen molar-refractivity contribution >= 4 is 23.2 Å². The van der Waals surface area contributed by atoms with Crippen LogP contribution in [-0.2, 0) is 0 Å². The molecule has 0 fully saturated rings. The number of halogens is 2. The SMILES string of the molecule is CCCOc1cc(F)cc(NC(=O)c2ccc(OC)c(C(=O)Nc3cc(F)cc(OCCC)c3)c2)c1. The summed E-state index contributed by atoms with van der Waals surface area (Å²) in [5, 5.41) is 5.21. The quantitative estimate of drug-likeness (QED) is 0.336. The highest BCUT2D eigenvalue weighted by molar-refractivity contribution is 6.10. The van der Waals surface area contributed by atoms with Gasteiger partial charge in [-0.1, -0.05) is 13.8 Å². The van der Waals surface area contributed by atoms with E-state index in [4.69, 9.17) is 14.2 Å². The number of carbonyl (C=O) groups is 2. The highest BCUT2D eigenvalue weighted by atomic mass is 19.1. The maximum Gasteiger partial charge on any atom is 0.259 e. The monoisotopic (exact) mass is 498 g/mol. The summed E-state index contributed by atoms with van der Waals surface area (Å²) >= 11 is 0. The second-order valence-corrected chi connectivity index (χ2v) is 7.87. The Kier molecular flexibility index (Phi) is 9.21. The summed E-state index contributed by atoms with van der Waals surface area (Å²) in [6.07, 6.45) is 1.49. The second kappa shape index (κ2) is 12.5. The summed E-state index contributed by atoms with van der Waals surface area (Å²) in [4.78, 5) is 25.9. The van der Waals surface area contributed by atoms with Crippen molar-refractivity contribution < 1.29 is 32.6 Å². The smallest absolute Gasteiger partial charge is 0.259 e. The summed E-state index contributed by atoms with van der Waals surface area (Å²) in [5.74, 6) is -1.54. The first-order chi connectivity index (χ1) is 17.3. The van der Waals surface area contributed by atoms with Crippen LogP contribution in [0.4, 0.5) is 20.2 Å². The van der Waals surface area contributed by atoms with Crippen molar-refractivity contribution in [3.8, 4) is 17.2 Å². The van der Waals surface area contributed by atoms with Crippen LogP contribution in [-0.4, -0.2) is 32.1 Å². The Labute approximate surface area is 208 Å². The molecule has 3 aromatic rings. The van der Waals surface area contributed by atoms with Crippen LogP contribution in [0.5, 0.6) is 17.2 Å². The highest BCUT2D eigenvalue weighted by Crippen LogP contribution is 2.26. The first-order valence-corrected chi connectivity index (χ1v) is 11.5. The average molecular weight is 499 g/mol. The Balaban J connectivity index is 1.81. The van der Waals surface area contributed by atoms with E-state index < -0.39 is 23.4 Å². The van der Waals surface area contributed by atoms with Crippen LogP contribution in [0.2, 0.25) is 0 Å². The number of amides is 2. The molecule has 36 heavy (non-hydrogen) atoms. The molecule has 0 aliphatic carbocycles.